The van der Waals surface area contributed by atoms with Gasteiger partial charge in [-0.15, -0.1) is 0 Å². The van der Waals surface area contributed by atoms with Crippen LogP contribution in [0.3, 0.4) is 0 Å². The van der Waals surface area contributed by atoms with Crippen LogP contribution in [0.15, 0.2) is 30.3 Å². The van der Waals surface area contributed by atoms with Gasteiger partial charge in [0, 0.05) is 50.3 Å². The number of piperazine rings is 1. The number of ether oxygens (including phenoxy) is 2. The maximum absolute atomic E-state index is 14.5. The summed E-state index contributed by atoms with van der Waals surface area (Å²) in [4.78, 5) is 55.1. The van der Waals surface area contributed by atoms with Crippen LogP contribution in [0.2, 0.25) is 0 Å². The van der Waals surface area contributed by atoms with Crippen molar-refractivity contribution in [2.24, 2.45) is 5.92 Å². The third kappa shape index (κ3) is 8.67. The van der Waals surface area contributed by atoms with Crippen LogP contribution in [0.5, 0.6) is 5.88 Å². The number of carbonyl (C=O) groups is 3. The summed E-state index contributed by atoms with van der Waals surface area (Å²) >= 11 is 0. The first kappa shape index (κ1) is 37.9. The van der Waals surface area contributed by atoms with Crippen molar-refractivity contribution < 1.29 is 33.4 Å². The minimum absolute atomic E-state index is 0.0749. The molecule has 4 aliphatic heterocycles. The summed E-state index contributed by atoms with van der Waals surface area (Å²) in [6.07, 6.45) is 1.35. The van der Waals surface area contributed by atoms with Crippen LogP contribution in [0, 0.1) is 11.7 Å². The van der Waals surface area contributed by atoms with Gasteiger partial charge in [0.25, 0.3) is 5.91 Å². The van der Waals surface area contributed by atoms with Crippen LogP contribution in [-0.2, 0) is 16.0 Å². The molecular weight excluding hydrogens is 669 g/mol. The second kappa shape index (κ2) is 16.4. The number of fused-ring (bicyclic) bond motifs is 1. The number of aromatic nitrogens is 1. The minimum atomic E-state index is -0.965. The molecule has 1 unspecified atom stereocenters. The molecule has 3 amide bonds. The number of carboxylic acid groups (broad SMARTS) is 1. The topological polar surface area (TPSA) is 131 Å². The maximum atomic E-state index is 14.5. The number of anilines is 1. The molecule has 0 aliphatic carbocycles. The van der Waals surface area contributed by atoms with E-state index in [0.717, 1.165) is 31.5 Å². The standard InChI is InChI=1S/C38H54FN7O6/c1-24-17-43(32(19-45(24)38(49)50)18-44-25(2)21-51-22-26(44)3)20-34(47)46-27(4)23-52-37-33(46)15-30(14-28-6-8-31(39)9-7-28)35(41-37)36(48)40-16-29-10-12-42(5)13-11-29/h6-9,15,24-27,29,32H,10-14,16-23H2,1-5H3,(H,40,48)(H,49,50)/t24-,25-,26-,27?,32+/m1/s1. The van der Waals surface area contributed by atoms with E-state index in [0.29, 0.717) is 56.4 Å². The van der Waals surface area contributed by atoms with Gasteiger partial charge in [0.1, 0.15) is 23.8 Å². The lowest BCUT2D eigenvalue weighted by molar-refractivity contribution is -0.122. The monoisotopic (exact) mass is 723 g/mol. The maximum Gasteiger partial charge on any atom is 0.407 e. The number of morpholine rings is 1. The van der Waals surface area contributed by atoms with Crippen LogP contribution >= 0.6 is 0 Å². The Hall–Kier alpha value is -3.85. The summed E-state index contributed by atoms with van der Waals surface area (Å²) in [7, 11) is 2.10. The van der Waals surface area contributed by atoms with Gasteiger partial charge in [-0.1, -0.05) is 12.1 Å². The molecule has 1 aromatic carbocycles. The van der Waals surface area contributed by atoms with Gasteiger partial charge < -0.3 is 34.6 Å². The molecule has 2 N–H and O–H groups in total. The lowest BCUT2D eigenvalue weighted by Crippen LogP contribution is -2.65. The molecule has 14 heteroatoms. The Bertz CT molecular complexity index is 1580. The van der Waals surface area contributed by atoms with E-state index >= 15 is 0 Å². The van der Waals surface area contributed by atoms with Crippen LogP contribution in [0.4, 0.5) is 14.9 Å². The number of hydrogen-bond donors (Lipinski definition) is 2. The number of amides is 3. The van der Waals surface area contributed by atoms with E-state index in [4.69, 9.17) is 14.5 Å². The smallest absolute Gasteiger partial charge is 0.407 e. The zero-order valence-corrected chi connectivity index (χ0v) is 31.1. The summed E-state index contributed by atoms with van der Waals surface area (Å²) in [6, 6.07) is 7.47. The number of piperidine rings is 1. The Labute approximate surface area is 306 Å². The Balaban J connectivity index is 1.27. The van der Waals surface area contributed by atoms with Gasteiger partial charge in [-0.25, -0.2) is 14.2 Å². The van der Waals surface area contributed by atoms with Gasteiger partial charge in [0.05, 0.1) is 25.8 Å². The van der Waals surface area contributed by atoms with Crippen molar-refractivity contribution in [3.05, 3.63) is 53.0 Å². The van der Waals surface area contributed by atoms with Crippen LogP contribution < -0.4 is 15.0 Å². The fraction of sp³-hybridized carbons (Fsp3) is 0.632. The van der Waals surface area contributed by atoms with E-state index in [1.807, 2.05) is 19.9 Å². The molecule has 3 fully saturated rings. The highest BCUT2D eigenvalue weighted by Crippen LogP contribution is 2.36. The number of rotatable bonds is 9. The van der Waals surface area contributed by atoms with E-state index in [2.05, 4.69) is 40.9 Å². The van der Waals surface area contributed by atoms with Gasteiger partial charge in [-0.3, -0.25) is 19.4 Å². The summed E-state index contributed by atoms with van der Waals surface area (Å²) in [5.74, 6) is -0.220. The van der Waals surface area contributed by atoms with Gasteiger partial charge >= 0.3 is 6.09 Å². The number of hydrogen-bond acceptors (Lipinski definition) is 9. The molecule has 0 bridgehead atoms. The molecule has 0 saturated carbocycles. The predicted octanol–water partition coefficient (Wildman–Crippen LogP) is 3.16. The lowest BCUT2D eigenvalue weighted by atomic mass is 9.97. The first-order chi connectivity index (χ1) is 24.9. The molecule has 3 saturated heterocycles. The molecule has 5 atom stereocenters. The number of carbonyl (C=O) groups excluding carboxylic acids is 2. The van der Waals surface area contributed by atoms with Crippen LogP contribution in [0.25, 0.3) is 0 Å². The second-order valence-electron chi connectivity index (χ2n) is 15.3. The van der Waals surface area contributed by atoms with E-state index in [-0.39, 0.29) is 79.1 Å². The minimum Gasteiger partial charge on any atom is -0.474 e. The molecule has 0 radical (unpaired) electrons. The van der Waals surface area contributed by atoms with E-state index < -0.39 is 6.09 Å². The van der Waals surface area contributed by atoms with E-state index in [9.17, 15) is 23.9 Å². The Kier molecular flexibility index (Phi) is 12.0. The summed E-state index contributed by atoms with van der Waals surface area (Å²) in [6.45, 7) is 13.3. The first-order valence-electron chi connectivity index (χ1n) is 18.6. The Morgan fingerprint density at radius 3 is 2.33 bits per heavy atom. The average molecular weight is 724 g/mol. The van der Waals surface area contributed by atoms with Crippen molar-refractivity contribution in [3.63, 3.8) is 0 Å². The zero-order valence-electron chi connectivity index (χ0n) is 31.1. The van der Waals surface area contributed by atoms with Crippen molar-refractivity contribution >= 4 is 23.6 Å². The van der Waals surface area contributed by atoms with Crippen LogP contribution in [-0.4, -0.2) is 150 Å². The average Bonchev–Trinajstić information content (AvgIpc) is 3.10. The molecule has 284 valence electrons. The highest BCUT2D eigenvalue weighted by atomic mass is 19.1. The van der Waals surface area contributed by atoms with Crippen molar-refractivity contribution in [2.45, 2.75) is 77.2 Å². The second-order valence-corrected chi connectivity index (χ2v) is 15.3. The zero-order chi connectivity index (χ0) is 37.1. The van der Waals surface area contributed by atoms with Crippen LogP contribution in [0.1, 0.15) is 62.2 Å². The van der Waals surface area contributed by atoms with Gasteiger partial charge in [0.2, 0.25) is 11.8 Å². The molecule has 13 nitrogen and oxygen atoms in total. The predicted molar refractivity (Wildman–Crippen MR) is 194 cm³/mol. The van der Waals surface area contributed by atoms with Gasteiger partial charge in [0.15, 0.2) is 0 Å². The number of halogens is 1. The molecule has 6 rings (SSSR count). The summed E-state index contributed by atoms with van der Waals surface area (Å²) in [5, 5.41) is 13.1. The third-order valence-electron chi connectivity index (χ3n) is 11.2. The summed E-state index contributed by atoms with van der Waals surface area (Å²) < 4.78 is 25.7. The van der Waals surface area contributed by atoms with E-state index in [1.165, 1.54) is 17.0 Å². The molecule has 2 aromatic rings. The highest BCUT2D eigenvalue weighted by molar-refractivity contribution is 5.99. The normalized spacial score (nSPS) is 26.5. The molecule has 52 heavy (non-hydrogen) atoms. The molecular formula is C38H54FN7O6. The Morgan fingerprint density at radius 2 is 1.65 bits per heavy atom. The van der Waals surface area contributed by atoms with Gasteiger partial charge in [-0.2, -0.15) is 0 Å². The summed E-state index contributed by atoms with van der Waals surface area (Å²) in [5.41, 5.74) is 2.12. The van der Waals surface area contributed by atoms with E-state index in [1.54, 1.807) is 17.0 Å². The van der Waals surface area contributed by atoms with Gasteiger partial charge in [-0.05, 0) is 102 Å². The molecule has 4 aliphatic rings. The number of nitrogens with zero attached hydrogens (tertiary/aromatic N) is 6. The number of pyridine rings is 1. The van der Waals surface area contributed by atoms with Crippen molar-refractivity contribution in [3.8, 4) is 5.88 Å². The number of benzene rings is 1. The highest BCUT2D eigenvalue weighted by Gasteiger charge is 2.40. The number of likely N-dealkylation sites (tertiary alicyclic amines) is 1. The SMILES string of the molecule is CC1COc2nc(C(=O)NCC3CCN(C)CC3)c(Cc3ccc(F)cc3)cc2N1C(=O)CN1C[C@@H](C)N(C(=O)O)C[C@@H]1CN1[C@H](C)COC[C@H]1C. The van der Waals surface area contributed by atoms with Crippen molar-refractivity contribution in [1.29, 1.82) is 0 Å². The largest absolute Gasteiger partial charge is 0.474 e. The van der Waals surface area contributed by atoms with Crippen molar-refractivity contribution in [2.75, 3.05) is 77.6 Å². The molecule has 5 heterocycles. The third-order valence-corrected chi connectivity index (χ3v) is 11.2. The first-order valence-corrected chi connectivity index (χ1v) is 18.6. The quantitative estimate of drug-likeness (QED) is 0.398. The van der Waals surface area contributed by atoms with Crippen molar-refractivity contribution in [1.82, 2.24) is 29.9 Å². The molecule has 0 spiro atoms. The number of nitrogens with one attached hydrogen (secondary N) is 1. The fourth-order valence-electron chi connectivity index (χ4n) is 8.07. The lowest BCUT2D eigenvalue weighted by Gasteiger charge is -2.48. The molecule has 1 aromatic heterocycles. The Morgan fingerprint density at radius 1 is 0.962 bits per heavy atom. The fourth-order valence-corrected chi connectivity index (χ4v) is 8.07.